The summed E-state index contributed by atoms with van der Waals surface area (Å²) in [4.78, 5) is 8.92. The van der Waals surface area contributed by atoms with Crippen LogP contribution in [0.5, 0.6) is 5.88 Å². The molecular weight excluding hydrogens is 396 g/mol. The smallest absolute Gasteiger partial charge is 0.227 e. The van der Waals surface area contributed by atoms with Gasteiger partial charge in [0.25, 0.3) is 0 Å². The molecule has 3 aromatic rings. The third-order valence-electron chi connectivity index (χ3n) is 4.55. The lowest BCUT2D eigenvalue weighted by atomic mass is 10.2. The maximum Gasteiger partial charge on any atom is 0.227 e. The molecule has 0 amide bonds. The summed E-state index contributed by atoms with van der Waals surface area (Å²) in [6.45, 7) is 1.16. The highest BCUT2D eigenvalue weighted by molar-refractivity contribution is 7.98. The van der Waals surface area contributed by atoms with E-state index >= 15 is 0 Å². The Balaban J connectivity index is 1.64. The normalized spacial score (nSPS) is 16.9. The summed E-state index contributed by atoms with van der Waals surface area (Å²) in [5.41, 5.74) is 2.52. The molecule has 1 atom stereocenters. The zero-order valence-corrected chi connectivity index (χ0v) is 17.1. The molecule has 0 bridgehead atoms. The van der Waals surface area contributed by atoms with Gasteiger partial charge in [0.15, 0.2) is 5.16 Å². The Bertz CT molecular complexity index is 929. The van der Waals surface area contributed by atoms with Gasteiger partial charge in [0.2, 0.25) is 5.88 Å². The average molecular weight is 417 g/mol. The van der Waals surface area contributed by atoms with Crippen molar-refractivity contribution in [2.24, 2.45) is 0 Å². The largest absolute Gasteiger partial charge is 0.472 e. The Kier molecular flexibility index (Phi) is 6.14. The van der Waals surface area contributed by atoms with Crippen LogP contribution in [0, 0.1) is 0 Å². The van der Waals surface area contributed by atoms with Crippen LogP contribution in [0.4, 0.5) is 0 Å². The summed E-state index contributed by atoms with van der Waals surface area (Å²) in [5.74, 6) is 0.456. The lowest BCUT2D eigenvalue weighted by Crippen LogP contribution is -2.18. The zero-order chi connectivity index (χ0) is 19.3. The van der Waals surface area contributed by atoms with Crippen LogP contribution in [0.15, 0.2) is 47.9 Å². The zero-order valence-electron chi connectivity index (χ0n) is 15.5. The van der Waals surface area contributed by atoms with Gasteiger partial charge in [-0.25, -0.2) is 9.67 Å². The first-order valence-corrected chi connectivity index (χ1v) is 10.8. The van der Waals surface area contributed by atoms with E-state index in [1.165, 1.54) is 11.8 Å². The fourth-order valence-electron chi connectivity index (χ4n) is 3.12. The van der Waals surface area contributed by atoms with Gasteiger partial charge in [-0.05, 0) is 31.1 Å². The van der Waals surface area contributed by atoms with Crippen LogP contribution < -0.4 is 4.74 Å². The predicted molar refractivity (Wildman–Crippen MR) is 110 cm³/mol. The molecule has 8 heteroatoms. The number of ether oxygens (including phenoxy) is 2. The van der Waals surface area contributed by atoms with Gasteiger partial charge in [-0.1, -0.05) is 53.7 Å². The van der Waals surface area contributed by atoms with Gasteiger partial charge in [0, 0.05) is 18.4 Å². The molecule has 1 aliphatic heterocycles. The summed E-state index contributed by atoms with van der Waals surface area (Å²) in [7, 11) is 0. The second-order valence-electron chi connectivity index (χ2n) is 6.49. The third kappa shape index (κ3) is 4.32. The average Bonchev–Trinajstić information content (AvgIpc) is 3.23. The predicted octanol–water partition coefficient (Wildman–Crippen LogP) is 4.99. The van der Waals surface area contributed by atoms with Gasteiger partial charge in [-0.3, -0.25) is 0 Å². The van der Waals surface area contributed by atoms with Crippen LogP contribution in [0.2, 0.25) is 5.15 Å². The summed E-state index contributed by atoms with van der Waals surface area (Å²) in [5, 5.41) is 5.40. The minimum atomic E-state index is -0.0404. The summed E-state index contributed by atoms with van der Waals surface area (Å²) in [6, 6.07) is 9.96. The molecule has 4 rings (SSSR count). The maximum atomic E-state index is 6.51. The molecule has 146 valence electrons. The first kappa shape index (κ1) is 19.2. The molecule has 1 aliphatic rings. The molecule has 6 nitrogen and oxygen atoms in total. The fraction of sp³-hybridized carbons (Fsp3) is 0.350. The first-order chi connectivity index (χ1) is 13.7. The molecule has 3 heterocycles. The Hall–Kier alpha value is -2.09. The minimum absolute atomic E-state index is 0.0404. The van der Waals surface area contributed by atoms with Gasteiger partial charge in [-0.15, -0.1) is 0 Å². The van der Waals surface area contributed by atoms with Crippen molar-refractivity contribution in [3.8, 4) is 17.0 Å². The fourth-order valence-corrected chi connectivity index (χ4v) is 3.79. The third-order valence-corrected chi connectivity index (χ3v) is 5.37. The van der Waals surface area contributed by atoms with Crippen molar-refractivity contribution in [1.29, 1.82) is 0 Å². The lowest BCUT2D eigenvalue weighted by molar-refractivity contribution is -0.0394. The van der Waals surface area contributed by atoms with Crippen LogP contribution in [0.25, 0.3) is 11.1 Å². The van der Waals surface area contributed by atoms with E-state index in [2.05, 4.69) is 15.1 Å². The quantitative estimate of drug-likeness (QED) is 0.320. The summed E-state index contributed by atoms with van der Waals surface area (Å²) >= 11 is 7.94. The molecule has 1 aromatic carbocycles. The highest BCUT2D eigenvalue weighted by Crippen LogP contribution is 2.36. The number of benzene rings is 1. The molecule has 1 unspecified atom stereocenters. The van der Waals surface area contributed by atoms with Crippen LogP contribution in [0.3, 0.4) is 0 Å². The molecule has 0 spiro atoms. The summed E-state index contributed by atoms with van der Waals surface area (Å²) in [6.07, 6.45) is 8.74. The molecule has 1 fully saturated rings. The Labute approximate surface area is 173 Å². The second-order valence-corrected chi connectivity index (χ2v) is 7.62. The van der Waals surface area contributed by atoms with E-state index in [9.17, 15) is 0 Å². The van der Waals surface area contributed by atoms with Crippen molar-refractivity contribution in [3.05, 3.63) is 53.4 Å². The number of thioether (sulfide) groups is 1. The molecule has 28 heavy (non-hydrogen) atoms. The maximum absolute atomic E-state index is 6.51. The van der Waals surface area contributed by atoms with Gasteiger partial charge >= 0.3 is 0 Å². The number of rotatable bonds is 6. The second kappa shape index (κ2) is 8.94. The van der Waals surface area contributed by atoms with Crippen molar-refractivity contribution in [1.82, 2.24) is 19.7 Å². The molecule has 0 saturated carbocycles. The monoisotopic (exact) mass is 416 g/mol. The molecule has 1 saturated heterocycles. The van der Waals surface area contributed by atoms with Crippen LogP contribution in [-0.4, -0.2) is 32.6 Å². The van der Waals surface area contributed by atoms with Gasteiger partial charge < -0.3 is 9.47 Å². The van der Waals surface area contributed by atoms with Gasteiger partial charge in [0.1, 0.15) is 18.0 Å². The van der Waals surface area contributed by atoms with E-state index in [4.69, 9.17) is 21.1 Å². The van der Waals surface area contributed by atoms with Crippen molar-refractivity contribution in [2.75, 3.05) is 12.9 Å². The van der Waals surface area contributed by atoms with E-state index in [-0.39, 0.29) is 6.23 Å². The van der Waals surface area contributed by atoms with Crippen LogP contribution in [0.1, 0.15) is 31.1 Å². The highest BCUT2D eigenvalue weighted by Gasteiger charge is 2.21. The number of hydrogen-bond acceptors (Lipinski definition) is 6. The van der Waals surface area contributed by atoms with E-state index in [0.717, 1.165) is 37.0 Å². The van der Waals surface area contributed by atoms with E-state index < -0.39 is 0 Å². The van der Waals surface area contributed by atoms with Crippen molar-refractivity contribution < 1.29 is 9.47 Å². The molecular formula is C20H21ClN4O2S. The standard InChI is InChI=1S/C20H21ClN4O2S/c1-28-20-23-18(21)17(19(24-20)27-13-14-7-3-2-4-8-14)15-11-22-25(12-15)16-9-5-6-10-26-16/h2-4,7-8,11-12,16H,5-6,9-10,13H2,1H3. The SMILES string of the molecule is CSc1nc(Cl)c(-c2cnn(C3CCCCO3)c2)c(OCc2ccccc2)n1. The Morgan fingerprint density at radius 3 is 2.86 bits per heavy atom. The van der Waals surface area contributed by atoms with Crippen molar-refractivity contribution in [3.63, 3.8) is 0 Å². The number of halogens is 1. The lowest BCUT2D eigenvalue weighted by Gasteiger charge is -2.22. The van der Waals surface area contributed by atoms with Gasteiger partial charge in [-0.2, -0.15) is 10.1 Å². The topological polar surface area (TPSA) is 62.1 Å². The van der Waals surface area contributed by atoms with E-state index in [1.807, 2.05) is 47.5 Å². The van der Waals surface area contributed by atoms with Gasteiger partial charge in [0.05, 0.1) is 11.8 Å². The van der Waals surface area contributed by atoms with Crippen LogP contribution >= 0.6 is 23.4 Å². The molecule has 2 aromatic heterocycles. The Morgan fingerprint density at radius 2 is 2.11 bits per heavy atom. The van der Waals surface area contributed by atoms with Crippen molar-refractivity contribution >= 4 is 23.4 Å². The molecule has 0 aliphatic carbocycles. The van der Waals surface area contributed by atoms with E-state index in [1.54, 1.807) is 6.20 Å². The number of nitrogens with zero attached hydrogens (tertiary/aromatic N) is 4. The number of aromatic nitrogens is 4. The highest BCUT2D eigenvalue weighted by atomic mass is 35.5. The minimum Gasteiger partial charge on any atom is -0.472 e. The molecule has 0 N–H and O–H groups in total. The van der Waals surface area contributed by atoms with Crippen molar-refractivity contribution in [2.45, 2.75) is 37.3 Å². The first-order valence-electron chi connectivity index (χ1n) is 9.19. The van der Waals surface area contributed by atoms with Crippen LogP contribution in [-0.2, 0) is 11.3 Å². The molecule has 0 radical (unpaired) electrons. The summed E-state index contributed by atoms with van der Waals surface area (Å²) < 4.78 is 13.7. The van der Waals surface area contributed by atoms with E-state index in [0.29, 0.717) is 28.4 Å². The Morgan fingerprint density at radius 1 is 1.25 bits per heavy atom. The number of hydrogen-bond donors (Lipinski definition) is 0.